The number of nitrogens with two attached hydrogens (primary N) is 1. The first kappa shape index (κ1) is 23.2. The van der Waals surface area contributed by atoms with Crippen molar-refractivity contribution >= 4 is 23.2 Å². The normalized spacial score (nSPS) is 21.9. The molecule has 0 radical (unpaired) electrons. The van der Waals surface area contributed by atoms with Gasteiger partial charge in [0.05, 0.1) is 29.3 Å². The third-order valence-corrected chi connectivity index (χ3v) is 7.56. The van der Waals surface area contributed by atoms with Gasteiger partial charge in [0.15, 0.2) is 11.4 Å². The summed E-state index contributed by atoms with van der Waals surface area (Å²) in [6.07, 6.45) is 7.17. The molecule has 2 aliphatic heterocycles. The molecule has 4 aromatic heterocycles. The number of aliphatic hydroxyl groups is 1. The largest absolute Gasteiger partial charge is 0.387 e. The summed E-state index contributed by atoms with van der Waals surface area (Å²) in [6, 6.07) is 3.65. The predicted octanol–water partition coefficient (Wildman–Crippen LogP) is 2.30. The Morgan fingerprint density at radius 1 is 1.19 bits per heavy atom. The fourth-order valence-electron chi connectivity index (χ4n) is 5.87. The van der Waals surface area contributed by atoms with E-state index in [0.717, 1.165) is 24.0 Å². The molecule has 6 heterocycles. The molecule has 4 aromatic rings. The van der Waals surface area contributed by atoms with Crippen molar-refractivity contribution in [2.24, 2.45) is 0 Å². The van der Waals surface area contributed by atoms with Gasteiger partial charge in [-0.3, -0.25) is 14.6 Å². The van der Waals surface area contributed by atoms with Crippen LogP contribution in [0, 0.1) is 0 Å². The first-order valence-corrected chi connectivity index (χ1v) is 12.3. The third-order valence-electron chi connectivity index (χ3n) is 7.56. The Labute approximate surface area is 211 Å². The van der Waals surface area contributed by atoms with Gasteiger partial charge in [0.1, 0.15) is 12.1 Å². The van der Waals surface area contributed by atoms with Crippen molar-refractivity contribution in [1.82, 2.24) is 39.7 Å². The van der Waals surface area contributed by atoms with Crippen LogP contribution in [0.3, 0.4) is 0 Å². The smallest absolute Gasteiger partial charge is 0.292 e. The van der Waals surface area contributed by atoms with Crippen molar-refractivity contribution < 1.29 is 14.7 Å². The molecule has 190 valence electrons. The van der Waals surface area contributed by atoms with Crippen molar-refractivity contribution in [2.75, 3.05) is 5.73 Å². The fraction of sp³-hybridized carbons (Fsp3) is 0.400. The summed E-state index contributed by atoms with van der Waals surface area (Å²) < 4.78 is 1.50. The topological polar surface area (TPSA) is 168 Å². The van der Waals surface area contributed by atoms with Gasteiger partial charge in [-0.15, -0.1) is 10.2 Å². The van der Waals surface area contributed by atoms with Crippen LogP contribution < -0.4 is 5.73 Å². The Bertz CT molecular complexity index is 1480. The number of aromatic nitrogens is 7. The van der Waals surface area contributed by atoms with Gasteiger partial charge in [-0.25, -0.2) is 4.98 Å². The number of carbonyl (C=O) groups excluding carboxylic acids is 2. The molecule has 37 heavy (non-hydrogen) atoms. The molecule has 4 N–H and O–H groups in total. The lowest BCUT2D eigenvalue weighted by Gasteiger charge is -2.38. The predicted molar refractivity (Wildman–Crippen MR) is 133 cm³/mol. The number of aromatic amines is 1. The number of pyridine rings is 1. The highest BCUT2D eigenvalue weighted by atomic mass is 16.3. The fourth-order valence-corrected chi connectivity index (χ4v) is 5.87. The van der Waals surface area contributed by atoms with Gasteiger partial charge >= 0.3 is 0 Å². The summed E-state index contributed by atoms with van der Waals surface area (Å²) in [4.78, 5) is 39.9. The summed E-state index contributed by atoms with van der Waals surface area (Å²) in [5, 5.41) is 21.9. The number of amides is 1. The molecule has 2 fully saturated rings. The molecule has 2 aliphatic rings. The lowest BCUT2D eigenvalue weighted by Crippen LogP contribution is -2.46. The van der Waals surface area contributed by atoms with Gasteiger partial charge in [-0.1, -0.05) is 6.07 Å². The van der Waals surface area contributed by atoms with Crippen LogP contribution in [0.25, 0.3) is 16.8 Å². The Kier molecular flexibility index (Phi) is 5.48. The van der Waals surface area contributed by atoms with E-state index >= 15 is 0 Å². The number of Topliss-reactive ketones (excluding diaryl/α,β-unsaturated/α-hetero) is 1. The lowest BCUT2D eigenvalue weighted by molar-refractivity contribution is 0.0556. The summed E-state index contributed by atoms with van der Waals surface area (Å²) in [6.45, 7) is 3.15. The molecule has 0 saturated carbocycles. The number of anilines is 1. The SMILES string of the molecule is CC(=O)c1c([C@H]2C[C@H]3CC[C@@H](C2)N3C(=O)c2nnc[nH]2)nc2c(-c3ccc([C@@H](C)O)nc3)cnn2c1N. The highest BCUT2D eigenvalue weighted by molar-refractivity contribution is 6.00. The molecule has 12 heteroatoms. The van der Waals surface area contributed by atoms with Crippen molar-refractivity contribution in [3.8, 4) is 11.1 Å². The molecule has 2 bridgehead atoms. The van der Waals surface area contributed by atoms with Gasteiger partial charge in [0.25, 0.3) is 5.91 Å². The van der Waals surface area contributed by atoms with E-state index in [1.54, 1.807) is 25.4 Å². The molecule has 4 atom stereocenters. The second kappa shape index (κ2) is 8.73. The van der Waals surface area contributed by atoms with Crippen LogP contribution in [0.5, 0.6) is 0 Å². The number of nitrogens with one attached hydrogen (secondary N) is 1. The highest BCUT2D eigenvalue weighted by Crippen LogP contribution is 2.45. The van der Waals surface area contributed by atoms with E-state index in [-0.39, 0.29) is 41.3 Å². The van der Waals surface area contributed by atoms with E-state index in [1.165, 1.54) is 17.8 Å². The second-order valence-corrected chi connectivity index (χ2v) is 9.86. The quantitative estimate of drug-likeness (QED) is 0.347. The zero-order chi connectivity index (χ0) is 25.8. The maximum Gasteiger partial charge on any atom is 0.292 e. The zero-order valence-corrected chi connectivity index (χ0v) is 20.5. The van der Waals surface area contributed by atoms with Gasteiger partial charge in [-0.2, -0.15) is 9.61 Å². The maximum absolute atomic E-state index is 13.1. The molecule has 0 aliphatic carbocycles. The number of nitrogen functional groups attached to an aromatic ring is 1. The molecule has 2 saturated heterocycles. The maximum atomic E-state index is 13.1. The second-order valence-electron chi connectivity index (χ2n) is 9.86. The molecular weight excluding hydrogens is 474 g/mol. The monoisotopic (exact) mass is 501 g/mol. The number of hydrogen-bond acceptors (Lipinski definition) is 9. The number of rotatable bonds is 5. The summed E-state index contributed by atoms with van der Waals surface area (Å²) in [7, 11) is 0. The molecule has 0 aromatic carbocycles. The van der Waals surface area contributed by atoms with Crippen LogP contribution in [-0.4, -0.2) is 68.5 Å². The number of nitrogens with zero attached hydrogens (tertiary/aromatic N) is 7. The van der Waals surface area contributed by atoms with Crippen LogP contribution in [0.15, 0.2) is 30.9 Å². The lowest BCUT2D eigenvalue weighted by atomic mass is 9.85. The van der Waals surface area contributed by atoms with Crippen LogP contribution >= 0.6 is 0 Å². The van der Waals surface area contributed by atoms with E-state index in [2.05, 4.69) is 25.3 Å². The first-order chi connectivity index (χ1) is 17.8. The van der Waals surface area contributed by atoms with Crippen molar-refractivity contribution in [2.45, 2.75) is 63.6 Å². The number of hydrogen-bond donors (Lipinski definition) is 3. The van der Waals surface area contributed by atoms with Crippen molar-refractivity contribution in [1.29, 1.82) is 0 Å². The summed E-state index contributed by atoms with van der Waals surface area (Å²) in [5.74, 6) is 0.127. The zero-order valence-electron chi connectivity index (χ0n) is 20.5. The average molecular weight is 502 g/mol. The van der Waals surface area contributed by atoms with Gasteiger partial charge in [0.2, 0.25) is 5.82 Å². The van der Waals surface area contributed by atoms with Gasteiger partial charge in [-0.05, 0) is 45.6 Å². The van der Waals surface area contributed by atoms with Gasteiger partial charge < -0.3 is 20.7 Å². The number of piperidine rings is 1. The van der Waals surface area contributed by atoms with E-state index in [4.69, 9.17) is 10.7 Å². The highest BCUT2D eigenvalue weighted by Gasteiger charge is 2.45. The van der Waals surface area contributed by atoms with Crippen LogP contribution in [-0.2, 0) is 0 Å². The van der Waals surface area contributed by atoms with Crippen LogP contribution in [0.1, 0.15) is 83.9 Å². The standard InChI is InChI=1S/C25H27N9O3/c1-12(35)19-6-3-14(9-27-19)18-10-30-34-22(26)20(13(2)36)21(31-24(18)34)15-7-16-4-5-17(8-15)33(16)25(37)23-28-11-29-32-23/h3,6,9-12,15-17,35H,4-5,7-8,26H2,1-2H3,(H,28,29,32)/t12-,15-,16+,17-/m1/s1. The molecular formula is C25H27N9O3. The average Bonchev–Trinajstić information content (AvgIpc) is 3.62. The van der Waals surface area contributed by atoms with E-state index < -0.39 is 6.10 Å². The van der Waals surface area contributed by atoms with Crippen LogP contribution in [0.2, 0.25) is 0 Å². The summed E-state index contributed by atoms with van der Waals surface area (Å²) in [5.41, 5.74) is 10.2. The minimum absolute atomic E-state index is 0.0157. The minimum atomic E-state index is -0.673. The van der Waals surface area contributed by atoms with Gasteiger partial charge in [0, 0.05) is 35.3 Å². The van der Waals surface area contributed by atoms with Crippen molar-refractivity contribution in [3.63, 3.8) is 0 Å². The van der Waals surface area contributed by atoms with Crippen LogP contribution in [0.4, 0.5) is 5.82 Å². The van der Waals surface area contributed by atoms with E-state index in [0.29, 0.717) is 35.4 Å². The number of fused-ring (bicyclic) bond motifs is 3. The molecule has 1 amide bonds. The Balaban J connectivity index is 1.40. The summed E-state index contributed by atoms with van der Waals surface area (Å²) >= 11 is 0. The van der Waals surface area contributed by atoms with E-state index in [9.17, 15) is 14.7 Å². The Morgan fingerprint density at radius 3 is 2.54 bits per heavy atom. The molecule has 0 spiro atoms. The number of aliphatic hydroxyl groups excluding tert-OH is 1. The van der Waals surface area contributed by atoms with E-state index in [1.807, 2.05) is 11.0 Å². The third kappa shape index (κ3) is 3.75. The number of carbonyl (C=O) groups is 2. The Hall–Kier alpha value is -4.19. The van der Waals surface area contributed by atoms with Crippen molar-refractivity contribution in [3.05, 3.63) is 53.6 Å². The molecule has 0 unspecified atom stereocenters. The molecule has 6 rings (SSSR count). The number of H-pyrrole nitrogens is 1. The number of ketones is 1. The first-order valence-electron chi connectivity index (χ1n) is 12.3. The molecule has 12 nitrogen and oxygen atoms in total. The Morgan fingerprint density at radius 2 is 1.95 bits per heavy atom. The minimum Gasteiger partial charge on any atom is -0.387 e.